The SMILES string of the molecule is O=C(O)c1ccc(C2=CC=CC(C(=O)O)(C(=O)O)C2)c(C(=O)O)c1. The Balaban J connectivity index is 2.57. The Morgan fingerprint density at radius 3 is 2.04 bits per heavy atom. The number of aromatic carboxylic acids is 2. The number of rotatable bonds is 5. The maximum absolute atomic E-state index is 11.4. The van der Waals surface area contributed by atoms with Gasteiger partial charge in [-0.2, -0.15) is 0 Å². The molecular weight excluding hydrogens is 320 g/mol. The Morgan fingerprint density at radius 2 is 1.54 bits per heavy atom. The fraction of sp³-hybridized carbons (Fsp3) is 0.125. The van der Waals surface area contributed by atoms with E-state index in [0.29, 0.717) is 0 Å². The lowest BCUT2D eigenvalue weighted by Crippen LogP contribution is -2.38. The van der Waals surface area contributed by atoms with Crippen molar-refractivity contribution in [2.45, 2.75) is 6.42 Å². The Kier molecular flexibility index (Phi) is 4.23. The summed E-state index contributed by atoms with van der Waals surface area (Å²) in [5.74, 6) is -5.86. The summed E-state index contributed by atoms with van der Waals surface area (Å²) in [6.45, 7) is 0. The van der Waals surface area contributed by atoms with E-state index in [4.69, 9.17) is 5.11 Å². The molecular formula is C16H12O8. The van der Waals surface area contributed by atoms with Gasteiger partial charge < -0.3 is 20.4 Å². The fourth-order valence-corrected chi connectivity index (χ4v) is 2.45. The highest BCUT2D eigenvalue weighted by molar-refractivity contribution is 6.04. The average molecular weight is 332 g/mol. The van der Waals surface area contributed by atoms with Gasteiger partial charge in [0.05, 0.1) is 11.1 Å². The Hall–Kier alpha value is -3.42. The first-order valence-electron chi connectivity index (χ1n) is 6.65. The minimum atomic E-state index is -2.20. The molecule has 1 aromatic carbocycles. The van der Waals surface area contributed by atoms with Crippen LogP contribution >= 0.6 is 0 Å². The van der Waals surface area contributed by atoms with Gasteiger partial charge >= 0.3 is 23.9 Å². The van der Waals surface area contributed by atoms with Crippen LogP contribution in [0.5, 0.6) is 0 Å². The summed E-state index contributed by atoms with van der Waals surface area (Å²) in [6.07, 6.45) is 3.21. The number of carbonyl (C=O) groups is 4. The summed E-state index contributed by atoms with van der Waals surface area (Å²) in [7, 11) is 0. The molecule has 0 saturated carbocycles. The zero-order chi connectivity index (χ0) is 18.1. The van der Waals surface area contributed by atoms with Crippen LogP contribution < -0.4 is 0 Å². The summed E-state index contributed by atoms with van der Waals surface area (Å²) in [4.78, 5) is 45.2. The normalized spacial score (nSPS) is 15.4. The molecule has 24 heavy (non-hydrogen) atoms. The average Bonchev–Trinajstić information content (AvgIpc) is 2.53. The highest BCUT2D eigenvalue weighted by atomic mass is 16.4. The smallest absolute Gasteiger partial charge is 0.336 e. The van der Waals surface area contributed by atoms with Crippen LogP contribution in [0.15, 0.2) is 36.4 Å². The molecule has 8 heteroatoms. The molecule has 0 bridgehead atoms. The van der Waals surface area contributed by atoms with Crippen molar-refractivity contribution >= 4 is 29.5 Å². The highest BCUT2D eigenvalue weighted by Gasteiger charge is 2.46. The first-order chi connectivity index (χ1) is 11.2. The Labute approximate surface area is 135 Å². The monoisotopic (exact) mass is 332 g/mol. The first kappa shape index (κ1) is 16.9. The van der Waals surface area contributed by atoms with Gasteiger partial charge in [-0.3, -0.25) is 9.59 Å². The lowest BCUT2D eigenvalue weighted by molar-refractivity contribution is -0.160. The van der Waals surface area contributed by atoms with Gasteiger partial charge in [-0.05, 0) is 23.3 Å². The van der Waals surface area contributed by atoms with Crippen molar-refractivity contribution in [2.75, 3.05) is 0 Å². The van der Waals surface area contributed by atoms with Crippen molar-refractivity contribution < 1.29 is 39.6 Å². The molecule has 0 saturated heterocycles. The molecule has 1 aliphatic carbocycles. The van der Waals surface area contributed by atoms with E-state index in [0.717, 1.165) is 12.1 Å². The highest BCUT2D eigenvalue weighted by Crippen LogP contribution is 2.38. The number of carboxylic acid groups (broad SMARTS) is 4. The molecule has 2 rings (SSSR count). The molecule has 0 amide bonds. The van der Waals surface area contributed by atoms with Crippen molar-refractivity contribution in [3.63, 3.8) is 0 Å². The van der Waals surface area contributed by atoms with Crippen LogP contribution in [0.3, 0.4) is 0 Å². The van der Waals surface area contributed by atoms with Crippen LogP contribution in [0.4, 0.5) is 0 Å². The van der Waals surface area contributed by atoms with Crippen LogP contribution in [0, 0.1) is 5.41 Å². The number of aliphatic carboxylic acids is 2. The van der Waals surface area contributed by atoms with E-state index in [9.17, 15) is 34.5 Å². The predicted octanol–water partition coefficient (Wildman–Crippen LogP) is 1.58. The maximum atomic E-state index is 11.4. The van der Waals surface area contributed by atoms with E-state index in [-0.39, 0.29) is 22.3 Å². The van der Waals surface area contributed by atoms with Gasteiger partial charge in [0, 0.05) is 6.42 Å². The van der Waals surface area contributed by atoms with Crippen molar-refractivity contribution in [3.8, 4) is 0 Å². The standard InChI is InChI=1S/C16H12O8/c17-12(18)8-3-4-10(11(6-8)13(19)20)9-2-1-5-16(7-9,14(21)22)15(23)24/h1-6H,7H2,(H,17,18)(H,19,20)(H,21,22)(H,23,24). The topological polar surface area (TPSA) is 149 Å². The number of carboxylic acids is 4. The largest absolute Gasteiger partial charge is 0.480 e. The van der Waals surface area contributed by atoms with E-state index in [1.807, 2.05) is 0 Å². The molecule has 0 radical (unpaired) electrons. The van der Waals surface area contributed by atoms with Crippen LogP contribution in [0.2, 0.25) is 0 Å². The van der Waals surface area contributed by atoms with E-state index in [2.05, 4.69) is 0 Å². The summed E-state index contributed by atoms with van der Waals surface area (Å²) in [5.41, 5.74) is -2.54. The lowest BCUT2D eigenvalue weighted by atomic mass is 9.76. The second-order valence-electron chi connectivity index (χ2n) is 5.18. The molecule has 0 fully saturated rings. The zero-order valence-electron chi connectivity index (χ0n) is 12.1. The van der Waals surface area contributed by atoms with Gasteiger partial charge in [-0.25, -0.2) is 9.59 Å². The van der Waals surface area contributed by atoms with E-state index < -0.39 is 35.7 Å². The van der Waals surface area contributed by atoms with Gasteiger partial charge in [0.2, 0.25) is 0 Å². The third kappa shape index (κ3) is 2.76. The third-order valence-corrected chi connectivity index (χ3v) is 3.75. The Bertz CT molecular complexity index is 801. The number of hydrogen-bond acceptors (Lipinski definition) is 4. The summed E-state index contributed by atoms with van der Waals surface area (Å²) in [5, 5.41) is 36.8. The molecule has 0 heterocycles. The quantitative estimate of drug-likeness (QED) is 0.594. The molecule has 0 unspecified atom stereocenters. The number of benzene rings is 1. The molecule has 1 aromatic rings. The summed E-state index contributed by atoms with van der Waals surface area (Å²) in [6, 6.07) is 3.35. The van der Waals surface area contributed by atoms with Gasteiger partial charge in [-0.15, -0.1) is 0 Å². The maximum Gasteiger partial charge on any atom is 0.336 e. The molecule has 0 atom stereocenters. The second kappa shape index (κ2) is 5.99. The molecule has 1 aliphatic rings. The first-order valence-corrected chi connectivity index (χ1v) is 6.65. The van der Waals surface area contributed by atoms with Crippen molar-refractivity contribution in [1.29, 1.82) is 0 Å². The molecule has 124 valence electrons. The minimum absolute atomic E-state index is 0.0729. The number of hydrogen-bond donors (Lipinski definition) is 4. The van der Waals surface area contributed by atoms with Crippen LogP contribution in [-0.4, -0.2) is 44.3 Å². The number of allylic oxidation sites excluding steroid dienone is 3. The third-order valence-electron chi connectivity index (χ3n) is 3.75. The summed E-state index contributed by atoms with van der Waals surface area (Å²) < 4.78 is 0. The van der Waals surface area contributed by atoms with Gasteiger partial charge in [0.15, 0.2) is 5.41 Å². The van der Waals surface area contributed by atoms with Crippen molar-refractivity contribution in [2.24, 2.45) is 5.41 Å². The van der Waals surface area contributed by atoms with E-state index in [1.165, 1.54) is 24.3 Å². The van der Waals surface area contributed by atoms with Gasteiger partial charge in [0.25, 0.3) is 0 Å². The van der Waals surface area contributed by atoms with Crippen LogP contribution in [0.1, 0.15) is 32.7 Å². The minimum Gasteiger partial charge on any atom is -0.480 e. The fourth-order valence-electron chi connectivity index (χ4n) is 2.45. The van der Waals surface area contributed by atoms with Gasteiger partial charge in [0.1, 0.15) is 0 Å². The van der Waals surface area contributed by atoms with Crippen LogP contribution in [-0.2, 0) is 9.59 Å². The summed E-state index contributed by atoms with van der Waals surface area (Å²) >= 11 is 0. The molecule has 0 aliphatic heterocycles. The van der Waals surface area contributed by atoms with Crippen LogP contribution in [0.25, 0.3) is 5.57 Å². The van der Waals surface area contributed by atoms with Gasteiger partial charge in [-0.1, -0.05) is 24.3 Å². The Morgan fingerprint density at radius 1 is 0.917 bits per heavy atom. The lowest BCUT2D eigenvalue weighted by Gasteiger charge is -2.26. The van der Waals surface area contributed by atoms with Crippen molar-refractivity contribution in [1.82, 2.24) is 0 Å². The predicted molar refractivity (Wildman–Crippen MR) is 79.8 cm³/mol. The molecule has 0 spiro atoms. The van der Waals surface area contributed by atoms with E-state index in [1.54, 1.807) is 0 Å². The molecule has 4 N–H and O–H groups in total. The van der Waals surface area contributed by atoms with Crippen molar-refractivity contribution in [3.05, 3.63) is 53.1 Å². The molecule has 0 aromatic heterocycles. The van der Waals surface area contributed by atoms with E-state index >= 15 is 0 Å². The zero-order valence-corrected chi connectivity index (χ0v) is 12.1. The molecule has 8 nitrogen and oxygen atoms in total. The second-order valence-corrected chi connectivity index (χ2v) is 5.18.